The number of aromatic nitrogens is 4. The van der Waals surface area contributed by atoms with Crippen LogP contribution in [0.2, 0.25) is 0 Å². The van der Waals surface area contributed by atoms with Crippen LogP contribution in [0.1, 0.15) is 43.4 Å². The first kappa shape index (κ1) is 26.9. The molecule has 6 rings (SSSR count). The van der Waals surface area contributed by atoms with Crippen molar-refractivity contribution in [2.75, 3.05) is 6.54 Å². The minimum atomic E-state index is -1.03. The van der Waals surface area contributed by atoms with Crippen molar-refractivity contribution < 1.29 is 14.6 Å². The van der Waals surface area contributed by atoms with Gasteiger partial charge in [-0.05, 0) is 60.7 Å². The zero-order chi connectivity index (χ0) is 28.5. The maximum Gasteiger partial charge on any atom is 0.354 e. The van der Waals surface area contributed by atoms with E-state index in [4.69, 9.17) is 9.72 Å². The third kappa shape index (κ3) is 5.64. The molecular weight excluding hydrogens is 534 g/mol. The lowest BCUT2D eigenvalue weighted by molar-refractivity contribution is 0.0686. The number of nitrogens with zero attached hydrogens (tertiary/aromatic N) is 5. The zero-order valence-electron chi connectivity index (χ0n) is 23.3. The molecule has 8 nitrogen and oxygen atoms in total. The van der Waals surface area contributed by atoms with Crippen molar-refractivity contribution in [3.8, 4) is 28.5 Å². The number of carbonyl (C=O) groups is 1. The summed E-state index contributed by atoms with van der Waals surface area (Å²) in [6, 6.07) is 18.4. The Morgan fingerprint density at radius 2 is 1.88 bits per heavy atom. The lowest BCUT2D eigenvalue weighted by Gasteiger charge is -2.28. The van der Waals surface area contributed by atoms with Gasteiger partial charge >= 0.3 is 5.97 Å². The van der Waals surface area contributed by atoms with E-state index in [1.165, 1.54) is 26.9 Å². The van der Waals surface area contributed by atoms with E-state index in [9.17, 15) is 9.90 Å². The van der Waals surface area contributed by atoms with Crippen LogP contribution in [0.5, 0.6) is 5.75 Å². The van der Waals surface area contributed by atoms with Crippen molar-refractivity contribution in [3.63, 3.8) is 0 Å². The highest BCUT2D eigenvalue weighted by molar-refractivity contribution is 7.09. The number of carboxylic acid groups (broad SMARTS) is 1. The van der Waals surface area contributed by atoms with Gasteiger partial charge in [0.2, 0.25) is 0 Å². The van der Waals surface area contributed by atoms with E-state index in [2.05, 4.69) is 38.4 Å². The summed E-state index contributed by atoms with van der Waals surface area (Å²) in [6.45, 7) is 7.38. The van der Waals surface area contributed by atoms with Crippen LogP contribution in [0.15, 0.2) is 66.2 Å². The van der Waals surface area contributed by atoms with Gasteiger partial charge in [-0.3, -0.25) is 4.90 Å². The Labute approximate surface area is 242 Å². The highest BCUT2D eigenvalue weighted by Crippen LogP contribution is 2.34. The SMILES string of the molecule is Cc1csc(CN2CCc3cc(COc4c(C)cccc4-c4cccc(-c5ncc(C(=O)O)n5C)n4)ccc3C2)n1. The Balaban J connectivity index is 1.19. The first-order chi connectivity index (χ1) is 19.9. The van der Waals surface area contributed by atoms with Crippen molar-refractivity contribution in [2.45, 2.75) is 40.0 Å². The van der Waals surface area contributed by atoms with Gasteiger partial charge in [-0.2, -0.15) is 0 Å². The molecule has 3 aromatic heterocycles. The first-order valence-corrected chi connectivity index (χ1v) is 14.4. The molecule has 1 aliphatic rings. The van der Waals surface area contributed by atoms with Gasteiger partial charge in [0.05, 0.1) is 18.4 Å². The summed E-state index contributed by atoms with van der Waals surface area (Å²) in [4.78, 5) is 27.7. The molecule has 5 aromatic rings. The number of aryl methyl sites for hydroxylation is 2. The maximum atomic E-state index is 11.5. The van der Waals surface area contributed by atoms with Gasteiger partial charge in [0.25, 0.3) is 0 Å². The van der Waals surface area contributed by atoms with Gasteiger partial charge in [0.15, 0.2) is 5.82 Å². The molecule has 0 saturated heterocycles. The number of pyridine rings is 1. The Bertz CT molecular complexity index is 1740. The van der Waals surface area contributed by atoms with Crippen LogP contribution in [-0.2, 0) is 33.2 Å². The summed E-state index contributed by atoms with van der Waals surface area (Å²) in [5.41, 5.74) is 8.32. The van der Waals surface area contributed by atoms with E-state index in [1.54, 1.807) is 18.4 Å². The fraction of sp³-hybridized carbons (Fsp3) is 0.250. The second-order valence-corrected chi connectivity index (χ2v) is 11.4. The van der Waals surface area contributed by atoms with Crippen LogP contribution in [0.3, 0.4) is 0 Å². The zero-order valence-corrected chi connectivity index (χ0v) is 24.1. The number of rotatable bonds is 8. The molecule has 9 heteroatoms. The van der Waals surface area contributed by atoms with Crippen molar-refractivity contribution in [2.24, 2.45) is 7.05 Å². The van der Waals surface area contributed by atoms with Gasteiger partial charge in [-0.15, -0.1) is 11.3 Å². The van der Waals surface area contributed by atoms with E-state index in [0.29, 0.717) is 18.1 Å². The monoisotopic (exact) mass is 565 g/mol. The maximum absolute atomic E-state index is 11.5. The second kappa shape index (κ2) is 11.3. The lowest BCUT2D eigenvalue weighted by Crippen LogP contribution is -2.30. The van der Waals surface area contributed by atoms with Crippen LogP contribution in [-0.4, -0.2) is 42.0 Å². The van der Waals surface area contributed by atoms with Crippen molar-refractivity contribution in [1.29, 1.82) is 0 Å². The quantitative estimate of drug-likeness (QED) is 0.245. The second-order valence-electron chi connectivity index (χ2n) is 10.4. The van der Waals surface area contributed by atoms with Crippen LogP contribution < -0.4 is 4.74 Å². The largest absolute Gasteiger partial charge is 0.488 e. The predicted octanol–water partition coefficient (Wildman–Crippen LogP) is 6.06. The number of ether oxygens (including phenoxy) is 1. The molecule has 0 spiro atoms. The van der Waals surface area contributed by atoms with Gasteiger partial charge < -0.3 is 14.4 Å². The fourth-order valence-electron chi connectivity index (χ4n) is 5.31. The number of hydrogen-bond donors (Lipinski definition) is 1. The summed E-state index contributed by atoms with van der Waals surface area (Å²) in [7, 11) is 1.68. The summed E-state index contributed by atoms with van der Waals surface area (Å²) in [5.74, 6) is 0.252. The first-order valence-electron chi connectivity index (χ1n) is 13.5. The molecule has 208 valence electrons. The van der Waals surface area contributed by atoms with Gasteiger partial charge in [-0.25, -0.2) is 19.7 Å². The molecule has 0 atom stereocenters. The molecule has 1 N–H and O–H groups in total. The van der Waals surface area contributed by atoms with Gasteiger partial charge in [0, 0.05) is 36.8 Å². The summed E-state index contributed by atoms with van der Waals surface area (Å²) in [5, 5.41) is 12.7. The third-order valence-electron chi connectivity index (χ3n) is 7.44. The third-order valence-corrected chi connectivity index (χ3v) is 8.40. The lowest BCUT2D eigenvalue weighted by atomic mass is 9.97. The van der Waals surface area contributed by atoms with E-state index >= 15 is 0 Å². The number of hydrogen-bond acceptors (Lipinski definition) is 7. The van der Waals surface area contributed by atoms with Crippen LogP contribution >= 0.6 is 11.3 Å². The highest BCUT2D eigenvalue weighted by Gasteiger charge is 2.19. The molecular formula is C32H31N5O3S. The average molecular weight is 566 g/mol. The summed E-state index contributed by atoms with van der Waals surface area (Å²) < 4.78 is 7.99. The van der Waals surface area contributed by atoms with E-state index in [1.807, 2.05) is 50.2 Å². The number of aromatic carboxylic acids is 1. The minimum absolute atomic E-state index is 0.110. The van der Waals surface area contributed by atoms with Crippen LogP contribution in [0.4, 0.5) is 0 Å². The minimum Gasteiger partial charge on any atom is -0.488 e. The summed E-state index contributed by atoms with van der Waals surface area (Å²) in [6.07, 6.45) is 2.36. The Hall–Kier alpha value is -4.34. The molecule has 0 unspecified atom stereocenters. The highest BCUT2D eigenvalue weighted by atomic mass is 32.1. The number of benzene rings is 2. The number of fused-ring (bicyclic) bond motifs is 1. The Morgan fingerprint density at radius 1 is 1.05 bits per heavy atom. The molecule has 0 bridgehead atoms. The molecule has 0 radical (unpaired) electrons. The molecule has 0 fully saturated rings. The van der Waals surface area contributed by atoms with E-state index < -0.39 is 5.97 Å². The van der Waals surface area contributed by atoms with Crippen molar-refractivity contribution in [1.82, 2.24) is 24.4 Å². The topological polar surface area (TPSA) is 93.4 Å². The Morgan fingerprint density at radius 3 is 2.66 bits per heavy atom. The van der Waals surface area contributed by atoms with Gasteiger partial charge in [-0.1, -0.05) is 36.4 Å². The van der Waals surface area contributed by atoms with E-state index in [0.717, 1.165) is 59.9 Å². The molecule has 0 saturated carbocycles. The standard InChI is InChI=1S/C32H31N5O3S/c1-20-6-4-7-25(26-8-5-9-27(35-26)31-33-15-28(32(38)39)36(31)3)30(20)40-18-22-10-11-24-16-37(13-12-23(24)14-22)17-29-34-21(2)19-41-29/h4-11,14-15,19H,12-13,16-18H2,1-3H3,(H,38,39). The number of para-hydroxylation sites is 1. The Kier molecular flexibility index (Phi) is 7.38. The molecule has 0 amide bonds. The van der Waals surface area contributed by atoms with E-state index in [-0.39, 0.29) is 5.69 Å². The number of thiazole rings is 1. The smallest absolute Gasteiger partial charge is 0.354 e. The predicted molar refractivity (Wildman–Crippen MR) is 159 cm³/mol. The van der Waals surface area contributed by atoms with Crippen LogP contribution in [0.25, 0.3) is 22.8 Å². The van der Waals surface area contributed by atoms with Crippen LogP contribution in [0, 0.1) is 13.8 Å². The molecule has 4 heterocycles. The average Bonchev–Trinajstić information content (AvgIpc) is 3.56. The molecule has 41 heavy (non-hydrogen) atoms. The number of imidazole rings is 1. The number of carboxylic acids is 1. The fourth-order valence-corrected chi connectivity index (χ4v) is 6.13. The normalized spacial score (nSPS) is 13.2. The summed E-state index contributed by atoms with van der Waals surface area (Å²) >= 11 is 1.73. The van der Waals surface area contributed by atoms with Crippen molar-refractivity contribution >= 4 is 17.3 Å². The molecule has 2 aromatic carbocycles. The van der Waals surface area contributed by atoms with Gasteiger partial charge in [0.1, 0.15) is 28.8 Å². The molecule has 1 aliphatic heterocycles. The van der Waals surface area contributed by atoms with Crippen molar-refractivity contribution in [3.05, 3.63) is 105 Å². The molecule has 0 aliphatic carbocycles.